The zero-order valence-electron chi connectivity index (χ0n) is 13.3. The fraction of sp³-hybridized carbons (Fsp3) is 0.333. The number of rotatable bonds is 7. The third-order valence-corrected chi connectivity index (χ3v) is 4.23. The summed E-state index contributed by atoms with van der Waals surface area (Å²) in [6.07, 6.45) is 3.63. The van der Waals surface area contributed by atoms with Crippen molar-refractivity contribution < 1.29 is 14.8 Å². The molecule has 0 amide bonds. The van der Waals surface area contributed by atoms with E-state index in [2.05, 4.69) is 5.32 Å². The topological polar surface area (TPSA) is 84.6 Å². The highest BCUT2D eigenvalue weighted by Gasteiger charge is 2.20. The van der Waals surface area contributed by atoms with Crippen molar-refractivity contribution in [3.63, 3.8) is 0 Å². The van der Waals surface area contributed by atoms with Crippen LogP contribution in [-0.2, 0) is 13.2 Å². The second kappa shape index (κ2) is 7.31. The molecular weight excluding hydrogens is 308 g/mol. The van der Waals surface area contributed by atoms with Gasteiger partial charge in [0.25, 0.3) is 5.69 Å². The maximum atomic E-state index is 11.2. The van der Waals surface area contributed by atoms with Gasteiger partial charge in [0.1, 0.15) is 11.4 Å². The maximum absolute atomic E-state index is 11.2. The van der Waals surface area contributed by atoms with E-state index in [9.17, 15) is 15.2 Å². The molecule has 6 heteroatoms. The predicted octanol–water partition coefficient (Wildman–Crippen LogP) is 3.63. The van der Waals surface area contributed by atoms with Gasteiger partial charge in [0.2, 0.25) is 0 Å². The zero-order valence-corrected chi connectivity index (χ0v) is 13.3. The molecule has 0 atom stereocenters. The molecule has 2 aromatic carbocycles. The molecule has 6 nitrogen and oxygen atoms in total. The smallest absolute Gasteiger partial charge is 0.292 e. The van der Waals surface area contributed by atoms with Crippen molar-refractivity contribution in [2.24, 2.45) is 0 Å². The number of hydrogen-bond donors (Lipinski definition) is 2. The molecular formula is C18H20N2O4. The number of nitro groups is 1. The standard InChI is InChI=1S/C18H20N2O4/c21-12-13-8-9-17(20(22)23)16(10-13)19-11-14-4-1-2-7-18(14)24-15-5-3-6-15/h1-2,4,7-10,15,19,21H,3,5-6,11-12H2. The SMILES string of the molecule is O=[N+]([O-])c1ccc(CO)cc1NCc1ccccc1OC1CCC1. The fourth-order valence-electron chi connectivity index (χ4n) is 2.61. The van der Waals surface area contributed by atoms with Gasteiger partial charge >= 0.3 is 0 Å². The van der Waals surface area contributed by atoms with Crippen molar-refractivity contribution in [2.45, 2.75) is 38.5 Å². The summed E-state index contributed by atoms with van der Waals surface area (Å²) in [5.74, 6) is 0.815. The van der Waals surface area contributed by atoms with E-state index >= 15 is 0 Å². The Morgan fingerprint density at radius 2 is 2.04 bits per heavy atom. The molecule has 0 heterocycles. The van der Waals surface area contributed by atoms with Gasteiger partial charge in [-0.1, -0.05) is 18.2 Å². The summed E-state index contributed by atoms with van der Waals surface area (Å²) in [5.41, 5.74) is 1.96. The Kier molecular flexibility index (Phi) is 4.96. The Morgan fingerprint density at radius 1 is 1.25 bits per heavy atom. The minimum Gasteiger partial charge on any atom is -0.490 e. The fourth-order valence-corrected chi connectivity index (χ4v) is 2.61. The number of para-hydroxylation sites is 1. The van der Waals surface area contributed by atoms with Crippen LogP contribution in [-0.4, -0.2) is 16.1 Å². The summed E-state index contributed by atoms with van der Waals surface area (Å²) >= 11 is 0. The van der Waals surface area contributed by atoms with Crippen LogP contribution >= 0.6 is 0 Å². The Balaban J connectivity index is 1.77. The van der Waals surface area contributed by atoms with Gasteiger partial charge in [0.15, 0.2) is 0 Å². The molecule has 126 valence electrons. The summed E-state index contributed by atoms with van der Waals surface area (Å²) in [4.78, 5) is 10.7. The number of aliphatic hydroxyl groups excluding tert-OH is 1. The highest BCUT2D eigenvalue weighted by Crippen LogP contribution is 2.30. The first kappa shape index (κ1) is 16.3. The third kappa shape index (κ3) is 3.65. The van der Waals surface area contributed by atoms with Gasteiger partial charge < -0.3 is 15.2 Å². The van der Waals surface area contributed by atoms with Crippen LogP contribution in [0.25, 0.3) is 0 Å². The molecule has 0 aliphatic heterocycles. The van der Waals surface area contributed by atoms with Gasteiger partial charge in [0, 0.05) is 18.2 Å². The van der Waals surface area contributed by atoms with Crippen molar-refractivity contribution in [3.05, 3.63) is 63.7 Å². The average molecular weight is 328 g/mol. The van der Waals surface area contributed by atoms with Gasteiger partial charge in [-0.3, -0.25) is 10.1 Å². The molecule has 0 saturated heterocycles. The van der Waals surface area contributed by atoms with E-state index in [1.807, 2.05) is 24.3 Å². The Morgan fingerprint density at radius 3 is 2.71 bits per heavy atom. The molecule has 0 aromatic heterocycles. The number of ether oxygens (including phenoxy) is 1. The molecule has 2 aromatic rings. The summed E-state index contributed by atoms with van der Waals surface area (Å²) in [5, 5.41) is 23.5. The molecule has 24 heavy (non-hydrogen) atoms. The summed E-state index contributed by atoms with van der Waals surface area (Å²) in [7, 11) is 0. The molecule has 0 spiro atoms. The van der Waals surface area contributed by atoms with Crippen molar-refractivity contribution in [1.29, 1.82) is 0 Å². The van der Waals surface area contributed by atoms with Crippen LogP contribution in [0.5, 0.6) is 5.75 Å². The molecule has 3 rings (SSSR count). The third-order valence-electron chi connectivity index (χ3n) is 4.23. The van der Waals surface area contributed by atoms with Crippen molar-refractivity contribution in [3.8, 4) is 5.75 Å². The lowest BCUT2D eigenvalue weighted by molar-refractivity contribution is -0.384. The first-order valence-corrected chi connectivity index (χ1v) is 8.04. The number of nitrogens with one attached hydrogen (secondary N) is 1. The Bertz CT molecular complexity index is 729. The van der Waals surface area contributed by atoms with Crippen LogP contribution in [0.15, 0.2) is 42.5 Å². The second-order valence-corrected chi connectivity index (χ2v) is 5.90. The molecule has 0 radical (unpaired) electrons. The number of nitrogens with zero attached hydrogens (tertiary/aromatic N) is 1. The number of hydrogen-bond acceptors (Lipinski definition) is 5. The molecule has 1 aliphatic carbocycles. The molecule has 2 N–H and O–H groups in total. The van der Waals surface area contributed by atoms with Crippen molar-refractivity contribution in [1.82, 2.24) is 0 Å². The normalized spacial score (nSPS) is 14.0. The molecule has 1 aliphatic rings. The van der Waals surface area contributed by atoms with Crippen LogP contribution in [0.2, 0.25) is 0 Å². The quantitative estimate of drug-likeness (QED) is 0.599. The van der Waals surface area contributed by atoms with Crippen LogP contribution < -0.4 is 10.1 Å². The Labute approximate surface area is 140 Å². The van der Waals surface area contributed by atoms with E-state index < -0.39 is 4.92 Å². The van der Waals surface area contributed by atoms with E-state index in [1.165, 1.54) is 12.5 Å². The van der Waals surface area contributed by atoms with E-state index in [0.717, 1.165) is 24.2 Å². The highest BCUT2D eigenvalue weighted by molar-refractivity contribution is 5.63. The summed E-state index contributed by atoms with van der Waals surface area (Å²) < 4.78 is 5.98. The maximum Gasteiger partial charge on any atom is 0.292 e. The average Bonchev–Trinajstić information content (AvgIpc) is 2.56. The minimum absolute atomic E-state index is 0.00964. The largest absolute Gasteiger partial charge is 0.490 e. The monoisotopic (exact) mass is 328 g/mol. The molecule has 1 saturated carbocycles. The van der Waals surface area contributed by atoms with E-state index in [0.29, 0.717) is 17.8 Å². The van der Waals surface area contributed by atoms with Crippen molar-refractivity contribution >= 4 is 11.4 Å². The van der Waals surface area contributed by atoms with E-state index in [4.69, 9.17) is 4.74 Å². The molecule has 0 unspecified atom stereocenters. The lowest BCUT2D eigenvalue weighted by Gasteiger charge is -2.27. The lowest BCUT2D eigenvalue weighted by atomic mass is 9.96. The number of benzene rings is 2. The summed E-state index contributed by atoms with van der Waals surface area (Å²) in [6.45, 7) is 0.257. The van der Waals surface area contributed by atoms with Gasteiger partial charge in [-0.25, -0.2) is 0 Å². The number of anilines is 1. The van der Waals surface area contributed by atoms with Gasteiger partial charge in [0.05, 0.1) is 17.6 Å². The van der Waals surface area contributed by atoms with Crippen LogP contribution in [0, 0.1) is 10.1 Å². The first-order chi connectivity index (χ1) is 11.7. The molecule has 1 fully saturated rings. The van der Waals surface area contributed by atoms with E-state index in [-0.39, 0.29) is 18.4 Å². The number of nitro benzene ring substituents is 1. The number of aliphatic hydroxyl groups is 1. The van der Waals surface area contributed by atoms with E-state index in [1.54, 1.807) is 12.1 Å². The second-order valence-electron chi connectivity index (χ2n) is 5.90. The van der Waals surface area contributed by atoms with Gasteiger partial charge in [-0.2, -0.15) is 0 Å². The van der Waals surface area contributed by atoms with Gasteiger partial charge in [-0.15, -0.1) is 0 Å². The highest BCUT2D eigenvalue weighted by atomic mass is 16.6. The minimum atomic E-state index is -0.430. The zero-order chi connectivity index (χ0) is 16.9. The lowest BCUT2D eigenvalue weighted by Crippen LogP contribution is -2.25. The Hall–Kier alpha value is -2.60. The van der Waals surface area contributed by atoms with Crippen LogP contribution in [0.4, 0.5) is 11.4 Å². The molecule has 0 bridgehead atoms. The predicted molar refractivity (Wildman–Crippen MR) is 91.1 cm³/mol. The first-order valence-electron chi connectivity index (χ1n) is 8.04. The van der Waals surface area contributed by atoms with Crippen LogP contribution in [0.3, 0.4) is 0 Å². The summed E-state index contributed by atoms with van der Waals surface area (Å²) in [6, 6.07) is 12.3. The van der Waals surface area contributed by atoms with Crippen LogP contribution in [0.1, 0.15) is 30.4 Å². The van der Waals surface area contributed by atoms with Gasteiger partial charge in [-0.05, 0) is 43.0 Å². The van der Waals surface area contributed by atoms with Crippen molar-refractivity contribution in [2.75, 3.05) is 5.32 Å².